The maximum absolute atomic E-state index is 12.2. The Morgan fingerprint density at radius 3 is 2.56 bits per heavy atom. The predicted molar refractivity (Wildman–Crippen MR) is 119 cm³/mol. The summed E-state index contributed by atoms with van der Waals surface area (Å²) in [6.07, 6.45) is 3.03. The summed E-state index contributed by atoms with van der Waals surface area (Å²) in [5, 5.41) is 7.61. The van der Waals surface area contributed by atoms with Gasteiger partial charge in [0.2, 0.25) is 5.91 Å². The number of ether oxygens (including phenoxy) is 2. The molecule has 3 rings (SSSR count). The van der Waals surface area contributed by atoms with Crippen LogP contribution in [-0.2, 0) is 9.59 Å². The number of rotatable bonds is 6. The Kier molecular flexibility index (Phi) is 8.77. The zero-order valence-electron chi connectivity index (χ0n) is 18.5. The molecule has 2 heterocycles. The molecule has 0 saturated carbocycles. The van der Waals surface area contributed by atoms with E-state index in [1.54, 1.807) is 36.2 Å². The van der Waals surface area contributed by atoms with Crippen LogP contribution in [0.4, 0.5) is 0 Å². The first-order valence-electron chi connectivity index (χ1n) is 10.4. The number of nitrogens with zero attached hydrogens (tertiary/aromatic N) is 2. The van der Waals surface area contributed by atoms with Gasteiger partial charge in [0.05, 0.1) is 29.8 Å². The molecule has 1 aromatic carbocycles. The lowest BCUT2D eigenvalue weighted by Crippen LogP contribution is -2.49. The van der Waals surface area contributed by atoms with E-state index in [0.29, 0.717) is 30.1 Å². The normalized spacial score (nSPS) is 16.7. The zero-order valence-corrected chi connectivity index (χ0v) is 18.5. The molecule has 2 amide bonds. The SMILES string of the molecule is CC(C)Oc1cc2c(O[C@@H]3CCCN(C(=O)[C@H](C)N)C3)ccnc2cc1C(N)=O.O=CO. The van der Waals surface area contributed by atoms with Crippen molar-refractivity contribution in [2.75, 3.05) is 13.1 Å². The molecule has 2 atom stereocenters. The molecule has 0 radical (unpaired) electrons. The van der Waals surface area contributed by atoms with E-state index in [9.17, 15) is 9.59 Å². The average Bonchev–Trinajstić information content (AvgIpc) is 2.73. The van der Waals surface area contributed by atoms with Gasteiger partial charge >= 0.3 is 0 Å². The molecule has 1 aliphatic rings. The van der Waals surface area contributed by atoms with Crippen LogP contribution in [0.25, 0.3) is 10.9 Å². The molecule has 32 heavy (non-hydrogen) atoms. The number of piperidine rings is 1. The number of likely N-dealkylation sites (tertiary alicyclic amines) is 1. The summed E-state index contributed by atoms with van der Waals surface area (Å²) < 4.78 is 12.0. The van der Waals surface area contributed by atoms with Crippen LogP contribution in [0.1, 0.15) is 44.0 Å². The quantitative estimate of drug-likeness (QED) is 0.564. The van der Waals surface area contributed by atoms with Gasteiger partial charge in [-0.2, -0.15) is 0 Å². The van der Waals surface area contributed by atoms with Crippen LogP contribution in [0.2, 0.25) is 0 Å². The van der Waals surface area contributed by atoms with Crippen LogP contribution in [0, 0.1) is 0 Å². The molecular weight excluding hydrogens is 416 g/mol. The van der Waals surface area contributed by atoms with Crippen LogP contribution in [0.15, 0.2) is 24.4 Å². The van der Waals surface area contributed by atoms with Crippen LogP contribution < -0.4 is 20.9 Å². The van der Waals surface area contributed by atoms with E-state index in [1.165, 1.54) is 0 Å². The van der Waals surface area contributed by atoms with E-state index in [2.05, 4.69) is 4.98 Å². The minimum absolute atomic E-state index is 0.0726. The second-order valence-corrected chi connectivity index (χ2v) is 7.77. The van der Waals surface area contributed by atoms with Crippen molar-refractivity contribution in [3.8, 4) is 11.5 Å². The van der Waals surface area contributed by atoms with E-state index in [1.807, 2.05) is 13.8 Å². The number of nitrogens with two attached hydrogens (primary N) is 2. The molecule has 0 unspecified atom stereocenters. The van der Waals surface area contributed by atoms with Gasteiger partial charge in [0.15, 0.2) is 0 Å². The minimum Gasteiger partial charge on any atom is -0.490 e. The summed E-state index contributed by atoms with van der Waals surface area (Å²) in [5.74, 6) is 0.375. The minimum atomic E-state index is -0.576. The Balaban J connectivity index is 0.00000114. The first-order chi connectivity index (χ1) is 15.2. The molecule has 2 aromatic rings. The number of primary amides is 1. The third-order valence-electron chi connectivity index (χ3n) is 4.80. The highest BCUT2D eigenvalue weighted by Gasteiger charge is 2.27. The highest BCUT2D eigenvalue weighted by Crippen LogP contribution is 2.32. The molecule has 5 N–H and O–H groups in total. The van der Waals surface area contributed by atoms with Crippen LogP contribution in [0.5, 0.6) is 11.5 Å². The summed E-state index contributed by atoms with van der Waals surface area (Å²) in [7, 11) is 0. The van der Waals surface area contributed by atoms with E-state index in [0.717, 1.165) is 18.2 Å². The first kappa shape index (κ1) is 24.9. The van der Waals surface area contributed by atoms with Gasteiger partial charge in [-0.15, -0.1) is 0 Å². The largest absolute Gasteiger partial charge is 0.490 e. The van der Waals surface area contributed by atoms with Crippen molar-refractivity contribution in [3.63, 3.8) is 0 Å². The number of fused-ring (bicyclic) bond motifs is 1. The van der Waals surface area contributed by atoms with Crippen molar-refractivity contribution in [1.29, 1.82) is 0 Å². The van der Waals surface area contributed by atoms with Crippen molar-refractivity contribution in [3.05, 3.63) is 30.0 Å². The molecule has 10 nitrogen and oxygen atoms in total. The number of carbonyl (C=O) groups excluding carboxylic acids is 2. The van der Waals surface area contributed by atoms with E-state index < -0.39 is 11.9 Å². The van der Waals surface area contributed by atoms with Crippen molar-refractivity contribution in [2.45, 2.75) is 51.9 Å². The summed E-state index contributed by atoms with van der Waals surface area (Å²) in [5.41, 5.74) is 12.1. The molecule has 174 valence electrons. The number of carbonyl (C=O) groups is 3. The number of benzene rings is 1. The standard InChI is InChI=1S/C21H28N4O4.CH2O2/c1-12(2)28-19-10-15-17(9-16(19)20(23)26)24-7-6-18(15)29-14-5-4-8-25(11-14)21(27)13(3)22;2-1-3/h6-7,9-10,12-14H,4-5,8,11,22H2,1-3H3,(H2,23,26);1H,(H,2,3)/t13-,14+;/m0./s1. The fraction of sp³-hybridized carbons (Fsp3) is 0.455. The molecular formula is C22H30N4O6. The number of hydrogen-bond donors (Lipinski definition) is 3. The van der Waals surface area contributed by atoms with Gasteiger partial charge in [-0.1, -0.05) is 0 Å². The Bertz CT molecular complexity index is 963. The average molecular weight is 447 g/mol. The van der Waals surface area contributed by atoms with Gasteiger partial charge in [0, 0.05) is 18.1 Å². The highest BCUT2D eigenvalue weighted by molar-refractivity contribution is 6.01. The van der Waals surface area contributed by atoms with Crippen molar-refractivity contribution < 1.29 is 29.0 Å². The van der Waals surface area contributed by atoms with E-state index >= 15 is 0 Å². The maximum atomic E-state index is 12.2. The van der Waals surface area contributed by atoms with Gasteiger partial charge in [-0.3, -0.25) is 19.4 Å². The van der Waals surface area contributed by atoms with Gasteiger partial charge in [-0.05, 0) is 51.8 Å². The molecule has 10 heteroatoms. The second-order valence-electron chi connectivity index (χ2n) is 7.77. The molecule has 0 aliphatic carbocycles. The maximum Gasteiger partial charge on any atom is 0.290 e. The number of aromatic nitrogens is 1. The van der Waals surface area contributed by atoms with E-state index in [-0.39, 0.29) is 30.2 Å². The number of carboxylic acid groups (broad SMARTS) is 1. The topological polar surface area (TPSA) is 158 Å². The highest BCUT2D eigenvalue weighted by atomic mass is 16.5. The molecule has 0 spiro atoms. The predicted octanol–water partition coefficient (Wildman–Crippen LogP) is 1.54. The molecule has 1 aliphatic heterocycles. The first-order valence-corrected chi connectivity index (χ1v) is 10.4. The fourth-order valence-corrected chi connectivity index (χ4v) is 3.50. The lowest BCUT2D eigenvalue weighted by molar-refractivity contribution is -0.134. The molecule has 1 aromatic heterocycles. The Morgan fingerprint density at radius 2 is 1.97 bits per heavy atom. The second kappa shape index (κ2) is 11.3. The molecule has 1 saturated heterocycles. The lowest BCUT2D eigenvalue weighted by atomic mass is 10.1. The monoisotopic (exact) mass is 446 g/mol. The third-order valence-corrected chi connectivity index (χ3v) is 4.80. The van der Waals surface area contributed by atoms with Crippen molar-refractivity contribution in [1.82, 2.24) is 9.88 Å². The molecule has 0 bridgehead atoms. The summed E-state index contributed by atoms with van der Waals surface area (Å²) in [4.78, 5) is 38.5. The zero-order chi connectivity index (χ0) is 23.8. The number of pyridine rings is 1. The fourth-order valence-electron chi connectivity index (χ4n) is 3.50. The van der Waals surface area contributed by atoms with Gasteiger partial charge in [0.1, 0.15) is 17.6 Å². The van der Waals surface area contributed by atoms with E-state index in [4.69, 9.17) is 30.8 Å². The smallest absolute Gasteiger partial charge is 0.290 e. The van der Waals surface area contributed by atoms with Crippen LogP contribution >= 0.6 is 0 Å². The third kappa shape index (κ3) is 6.30. The summed E-state index contributed by atoms with van der Waals surface area (Å²) >= 11 is 0. The Labute approximate surface area is 186 Å². The van der Waals surface area contributed by atoms with Crippen molar-refractivity contribution in [2.24, 2.45) is 11.5 Å². The van der Waals surface area contributed by atoms with Crippen LogP contribution in [0.3, 0.4) is 0 Å². The van der Waals surface area contributed by atoms with Gasteiger partial charge in [-0.25, -0.2) is 0 Å². The lowest BCUT2D eigenvalue weighted by Gasteiger charge is -2.34. The van der Waals surface area contributed by atoms with Crippen LogP contribution in [-0.4, -0.2) is 64.6 Å². The number of amides is 2. The summed E-state index contributed by atoms with van der Waals surface area (Å²) in [6, 6.07) is 4.61. The summed E-state index contributed by atoms with van der Waals surface area (Å²) in [6.45, 7) is 6.36. The molecule has 1 fully saturated rings. The van der Waals surface area contributed by atoms with Crippen molar-refractivity contribution >= 4 is 29.2 Å². The van der Waals surface area contributed by atoms with Gasteiger partial charge in [0.25, 0.3) is 12.4 Å². The Morgan fingerprint density at radius 1 is 1.28 bits per heavy atom. The van der Waals surface area contributed by atoms with Gasteiger partial charge < -0.3 is 30.9 Å². The number of hydrogen-bond acceptors (Lipinski definition) is 7. The Hall–Kier alpha value is -3.40.